The molecule has 0 unspecified atom stereocenters. The van der Waals surface area contributed by atoms with Crippen molar-refractivity contribution in [3.8, 4) is 0 Å². The highest BCUT2D eigenvalue weighted by Gasteiger charge is 2.01. The molecule has 1 N–H and O–H groups in total. The summed E-state index contributed by atoms with van der Waals surface area (Å²) in [6.45, 7) is 0.302. The maximum atomic E-state index is 11.7. The van der Waals surface area contributed by atoms with Gasteiger partial charge in [-0.05, 0) is 39.6 Å². The Bertz CT molecular complexity index is 239. The van der Waals surface area contributed by atoms with Crippen LogP contribution in [0.1, 0.15) is 5.56 Å². The third kappa shape index (κ3) is 3.77. The fourth-order valence-electron chi connectivity index (χ4n) is 0.764. The molecule has 1 aromatic heterocycles. The van der Waals surface area contributed by atoms with Crippen molar-refractivity contribution >= 4 is 33.9 Å². The largest absolute Gasteiger partial charge is 0.307 e. The van der Waals surface area contributed by atoms with Gasteiger partial charge in [-0.15, -0.1) is 11.3 Å². The van der Waals surface area contributed by atoms with E-state index < -0.39 is 6.43 Å². The number of halogens is 3. The summed E-state index contributed by atoms with van der Waals surface area (Å²) in [6, 6.07) is 1.99. The monoisotopic (exact) mass is 303 g/mol. The summed E-state index contributed by atoms with van der Waals surface area (Å²) >= 11 is 3.83. The van der Waals surface area contributed by atoms with Crippen molar-refractivity contribution in [2.24, 2.45) is 0 Å². The molecule has 1 nitrogen and oxygen atoms in total. The van der Waals surface area contributed by atoms with Gasteiger partial charge < -0.3 is 5.32 Å². The minimum absolute atomic E-state index is 0.230. The highest BCUT2D eigenvalue weighted by atomic mass is 127. The Balaban J connectivity index is 2.24. The summed E-state index contributed by atoms with van der Waals surface area (Å²) in [5.74, 6) is 0. The second kappa shape index (κ2) is 5.08. The molecule has 0 saturated carbocycles. The average molecular weight is 303 g/mol. The number of thiophene rings is 1. The third-order valence-electron chi connectivity index (χ3n) is 1.25. The normalized spacial score (nSPS) is 11.0. The highest BCUT2D eigenvalue weighted by molar-refractivity contribution is 14.1. The number of nitrogens with one attached hydrogen (secondary N) is 1. The maximum Gasteiger partial charge on any atom is 0.250 e. The van der Waals surface area contributed by atoms with Crippen LogP contribution in [-0.2, 0) is 6.54 Å². The molecule has 0 fully saturated rings. The Kier molecular flexibility index (Phi) is 4.38. The van der Waals surface area contributed by atoms with Gasteiger partial charge in [-0.1, -0.05) is 0 Å². The molecule has 0 radical (unpaired) electrons. The second-order valence-corrected chi connectivity index (χ2v) is 5.09. The molecule has 5 heteroatoms. The average Bonchev–Trinajstić information content (AvgIpc) is 2.35. The Morgan fingerprint density at radius 1 is 1.58 bits per heavy atom. The van der Waals surface area contributed by atoms with Gasteiger partial charge in [0.25, 0.3) is 6.43 Å². The molecule has 1 rings (SSSR count). The molecule has 0 spiro atoms. The molecule has 0 aliphatic rings. The summed E-state index contributed by atoms with van der Waals surface area (Å²) in [5.41, 5.74) is 1.07. The topological polar surface area (TPSA) is 12.0 Å². The minimum Gasteiger partial charge on any atom is -0.307 e. The van der Waals surface area contributed by atoms with Crippen LogP contribution in [0, 0.1) is 2.88 Å². The van der Waals surface area contributed by atoms with Crippen LogP contribution in [0.4, 0.5) is 8.78 Å². The maximum absolute atomic E-state index is 11.7. The quantitative estimate of drug-likeness (QED) is 0.843. The van der Waals surface area contributed by atoms with Gasteiger partial charge in [-0.3, -0.25) is 0 Å². The number of rotatable bonds is 4. The Hall–Kier alpha value is 0.250. The van der Waals surface area contributed by atoms with E-state index in [-0.39, 0.29) is 6.54 Å². The molecule has 0 aromatic carbocycles. The Labute approximate surface area is 87.3 Å². The first-order valence-electron chi connectivity index (χ1n) is 3.40. The van der Waals surface area contributed by atoms with Crippen LogP contribution in [0.15, 0.2) is 11.4 Å². The van der Waals surface area contributed by atoms with Crippen molar-refractivity contribution in [2.75, 3.05) is 6.54 Å². The minimum atomic E-state index is -2.26. The van der Waals surface area contributed by atoms with Gasteiger partial charge in [0.15, 0.2) is 0 Å². The first-order chi connectivity index (χ1) is 5.68. The molecule has 0 saturated heterocycles. The Morgan fingerprint density at radius 3 is 2.83 bits per heavy atom. The molecule has 1 heterocycles. The van der Waals surface area contributed by atoms with Crippen molar-refractivity contribution in [1.82, 2.24) is 5.32 Å². The SMILES string of the molecule is FC(F)CNCc1csc(I)c1. The first kappa shape index (κ1) is 10.3. The molecule has 0 atom stereocenters. The van der Waals surface area contributed by atoms with Crippen LogP contribution >= 0.6 is 33.9 Å². The molecule has 12 heavy (non-hydrogen) atoms. The molecule has 68 valence electrons. The molecular formula is C7H8F2INS. The van der Waals surface area contributed by atoms with Gasteiger partial charge in [0, 0.05) is 6.54 Å². The van der Waals surface area contributed by atoms with E-state index in [1.54, 1.807) is 11.3 Å². The molecule has 0 aliphatic carbocycles. The van der Waals surface area contributed by atoms with Crippen molar-refractivity contribution in [1.29, 1.82) is 0 Å². The van der Waals surface area contributed by atoms with Crippen molar-refractivity contribution in [3.05, 3.63) is 19.9 Å². The standard InChI is InChI=1S/C7H8F2INS/c8-6(9)3-11-2-5-1-7(10)12-4-5/h1,4,6,11H,2-3H2. The van der Waals surface area contributed by atoms with E-state index in [0.29, 0.717) is 6.54 Å². The fraction of sp³-hybridized carbons (Fsp3) is 0.429. The predicted octanol–water partition coefficient (Wildman–Crippen LogP) is 2.71. The fourth-order valence-corrected chi connectivity index (χ4v) is 2.18. The number of hydrogen-bond acceptors (Lipinski definition) is 2. The summed E-state index contributed by atoms with van der Waals surface area (Å²) in [6.07, 6.45) is -2.26. The molecule has 0 bridgehead atoms. The van der Waals surface area contributed by atoms with Gasteiger partial charge in [0.05, 0.1) is 9.43 Å². The predicted molar refractivity (Wildman–Crippen MR) is 54.7 cm³/mol. The zero-order valence-corrected chi connectivity index (χ0v) is 9.16. The number of alkyl halides is 2. The summed E-state index contributed by atoms with van der Waals surface area (Å²) in [4.78, 5) is 0. The molecular weight excluding hydrogens is 295 g/mol. The van der Waals surface area contributed by atoms with Crippen LogP contribution in [0.2, 0.25) is 0 Å². The van der Waals surface area contributed by atoms with Gasteiger partial charge >= 0.3 is 0 Å². The van der Waals surface area contributed by atoms with Crippen LogP contribution in [-0.4, -0.2) is 13.0 Å². The van der Waals surface area contributed by atoms with Gasteiger partial charge in [-0.25, -0.2) is 8.78 Å². The van der Waals surface area contributed by atoms with Crippen molar-refractivity contribution < 1.29 is 8.78 Å². The van der Waals surface area contributed by atoms with E-state index in [4.69, 9.17) is 0 Å². The second-order valence-electron chi connectivity index (χ2n) is 2.28. The summed E-state index contributed by atoms with van der Waals surface area (Å²) in [5, 5.41) is 4.64. The van der Waals surface area contributed by atoms with E-state index in [0.717, 1.165) is 5.56 Å². The zero-order valence-electron chi connectivity index (χ0n) is 6.19. The summed E-state index contributed by atoms with van der Waals surface area (Å²) in [7, 11) is 0. The molecule has 1 aromatic rings. The lowest BCUT2D eigenvalue weighted by Crippen LogP contribution is -2.20. The van der Waals surface area contributed by atoms with Gasteiger partial charge in [-0.2, -0.15) is 0 Å². The van der Waals surface area contributed by atoms with E-state index in [2.05, 4.69) is 27.9 Å². The smallest absolute Gasteiger partial charge is 0.250 e. The zero-order chi connectivity index (χ0) is 8.97. The van der Waals surface area contributed by atoms with Crippen molar-refractivity contribution in [2.45, 2.75) is 13.0 Å². The first-order valence-corrected chi connectivity index (χ1v) is 5.36. The van der Waals surface area contributed by atoms with E-state index in [9.17, 15) is 8.78 Å². The molecule has 0 aliphatic heterocycles. The van der Waals surface area contributed by atoms with E-state index in [1.807, 2.05) is 11.4 Å². The lowest BCUT2D eigenvalue weighted by Gasteiger charge is -2.00. The highest BCUT2D eigenvalue weighted by Crippen LogP contribution is 2.16. The third-order valence-corrected chi connectivity index (χ3v) is 3.09. The van der Waals surface area contributed by atoms with E-state index >= 15 is 0 Å². The van der Waals surface area contributed by atoms with Crippen LogP contribution < -0.4 is 5.32 Å². The summed E-state index contributed by atoms with van der Waals surface area (Å²) < 4.78 is 24.5. The van der Waals surface area contributed by atoms with E-state index in [1.165, 1.54) is 2.88 Å². The van der Waals surface area contributed by atoms with Crippen LogP contribution in [0.25, 0.3) is 0 Å². The van der Waals surface area contributed by atoms with Crippen LogP contribution in [0.3, 0.4) is 0 Å². The lowest BCUT2D eigenvalue weighted by molar-refractivity contribution is 0.145. The van der Waals surface area contributed by atoms with Gasteiger partial charge in [0.1, 0.15) is 0 Å². The number of hydrogen-bond donors (Lipinski definition) is 1. The molecule has 0 amide bonds. The van der Waals surface area contributed by atoms with Crippen LogP contribution in [0.5, 0.6) is 0 Å². The lowest BCUT2D eigenvalue weighted by atomic mass is 10.3. The van der Waals surface area contributed by atoms with Gasteiger partial charge in [0.2, 0.25) is 0 Å². The Morgan fingerprint density at radius 2 is 2.33 bits per heavy atom. The van der Waals surface area contributed by atoms with Crippen molar-refractivity contribution in [3.63, 3.8) is 0 Å².